The van der Waals surface area contributed by atoms with Gasteiger partial charge < -0.3 is 10.2 Å². The first kappa shape index (κ1) is 11.6. The molecular formula is C13H16N2O2. The Balaban J connectivity index is 2.10. The number of rotatable bonds is 3. The van der Waals surface area contributed by atoms with Crippen LogP contribution in [-0.2, 0) is 16.1 Å². The highest BCUT2D eigenvalue weighted by molar-refractivity contribution is 5.95. The van der Waals surface area contributed by atoms with E-state index in [1.165, 1.54) is 6.92 Å². The normalized spacial score (nSPS) is 15.1. The van der Waals surface area contributed by atoms with E-state index < -0.39 is 0 Å². The monoisotopic (exact) mass is 232 g/mol. The lowest BCUT2D eigenvalue weighted by atomic mass is 10.2. The zero-order valence-corrected chi connectivity index (χ0v) is 9.90. The zero-order valence-electron chi connectivity index (χ0n) is 9.90. The number of nitrogens with one attached hydrogen (secondary N) is 1. The molecule has 0 atom stereocenters. The van der Waals surface area contributed by atoms with Crippen LogP contribution in [0.15, 0.2) is 24.3 Å². The van der Waals surface area contributed by atoms with Gasteiger partial charge in [0.05, 0.1) is 0 Å². The Bertz CT molecular complexity index is 443. The van der Waals surface area contributed by atoms with Crippen molar-refractivity contribution >= 4 is 17.5 Å². The van der Waals surface area contributed by atoms with Crippen LogP contribution in [0.3, 0.4) is 0 Å². The summed E-state index contributed by atoms with van der Waals surface area (Å²) in [5.41, 5.74) is 1.94. The molecule has 4 heteroatoms. The third-order valence-electron chi connectivity index (χ3n) is 2.84. The van der Waals surface area contributed by atoms with Gasteiger partial charge in [-0.05, 0) is 24.1 Å². The van der Waals surface area contributed by atoms with Crippen molar-refractivity contribution in [1.82, 2.24) is 5.32 Å². The van der Waals surface area contributed by atoms with E-state index in [9.17, 15) is 9.59 Å². The Labute approximate surface area is 101 Å². The summed E-state index contributed by atoms with van der Waals surface area (Å²) in [6, 6.07) is 7.75. The average Bonchev–Trinajstić information content (AvgIpc) is 2.73. The van der Waals surface area contributed by atoms with Gasteiger partial charge in [0.2, 0.25) is 11.8 Å². The van der Waals surface area contributed by atoms with E-state index >= 15 is 0 Å². The molecule has 0 radical (unpaired) electrons. The number of amides is 2. The van der Waals surface area contributed by atoms with E-state index in [1.54, 1.807) is 4.90 Å². The van der Waals surface area contributed by atoms with E-state index in [0.717, 1.165) is 24.2 Å². The highest BCUT2D eigenvalue weighted by Gasteiger charge is 2.21. The van der Waals surface area contributed by atoms with Crippen LogP contribution < -0.4 is 10.2 Å². The van der Waals surface area contributed by atoms with Gasteiger partial charge in [-0.1, -0.05) is 12.1 Å². The summed E-state index contributed by atoms with van der Waals surface area (Å²) in [6.45, 7) is 2.79. The van der Waals surface area contributed by atoms with Gasteiger partial charge in [-0.15, -0.1) is 0 Å². The standard InChI is InChI=1S/C13H16N2O2/c1-10(16)14-9-11-4-2-5-12(8-11)15-7-3-6-13(15)17/h2,4-5,8H,3,6-7,9H2,1H3,(H,14,16). The van der Waals surface area contributed by atoms with Crippen LogP contribution in [0.25, 0.3) is 0 Å². The van der Waals surface area contributed by atoms with E-state index in [-0.39, 0.29) is 11.8 Å². The van der Waals surface area contributed by atoms with Crippen molar-refractivity contribution in [1.29, 1.82) is 0 Å². The molecule has 0 aliphatic carbocycles. The predicted octanol–water partition coefficient (Wildman–Crippen LogP) is 1.45. The van der Waals surface area contributed by atoms with E-state index in [4.69, 9.17) is 0 Å². The van der Waals surface area contributed by atoms with Crippen molar-refractivity contribution in [3.63, 3.8) is 0 Å². The first-order valence-corrected chi connectivity index (χ1v) is 5.80. The molecule has 1 aromatic rings. The van der Waals surface area contributed by atoms with Gasteiger partial charge in [0, 0.05) is 32.1 Å². The second-order valence-corrected chi connectivity index (χ2v) is 4.23. The Morgan fingerprint density at radius 1 is 1.47 bits per heavy atom. The molecule has 17 heavy (non-hydrogen) atoms. The molecule has 0 bridgehead atoms. The number of anilines is 1. The lowest BCUT2D eigenvalue weighted by molar-refractivity contribution is -0.119. The number of nitrogens with zero attached hydrogens (tertiary/aromatic N) is 1. The fraction of sp³-hybridized carbons (Fsp3) is 0.385. The largest absolute Gasteiger partial charge is 0.352 e. The zero-order chi connectivity index (χ0) is 12.3. The smallest absolute Gasteiger partial charge is 0.227 e. The first-order chi connectivity index (χ1) is 8.16. The summed E-state index contributed by atoms with van der Waals surface area (Å²) >= 11 is 0. The minimum atomic E-state index is -0.0485. The van der Waals surface area contributed by atoms with Crippen LogP contribution in [0.1, 0.15) is 25.3 Å². The summed E-state index contributed by atoms with van der Waals surface area (Å²) in [6.07, 6.45) is 1.56. The Hall–Kier alpha value is -1.84. The highest BCUT2D eigenvalue weighted by atomic mass is 16.2. The number of hydrogen-bond donors (Lipinski definition) is 1. The lowest BCUT2D eigenvalue weighted by Crippen LogP contribution is -2.24. The highest BCUT2D eigenvalue weighted by Crippen LogP contribution is 2.22. The van der Waals surface area contributed by atoms with Crippen molar-refractivity contribution in [3.05, 3.63) is 29.8 Å². The van der Waals surface area contributed by atoms with Crippen LogP contribution in [-0.4, -0.2) is 18.4 Å². The summed E-state index contributed by atoms with van der Waals surface area (Å²) in [7, 11) is 0. The Kier molecular flexibility index (Phi) is 3.42. The fourth-order valence-corrected chi connectivity index (χ4v) is 1.98. The van der Waals surface area contributed by atoms with Gasteiger partial charge in [-0.3, -0.25) is 9.59 Å². The van der Waals surface area contributed by atoms with Gasteiger partial charge in [0.1, 0.15) is 0 Å². The Morgan fingerprint density at radius 3 is 2.94 bits per heavy atom. The average molecular weight is 232 g/mol. The van der Waals surface area contributed by atoms with Crippen LogP contribution in [0, 0.1) is 0 Å². The molecule has 0 saturated carbocycles. The molecule has 1 aromatic carbocycles. The van der Waals surface area contributed by atoms with Gasteiger partial charge in [-0.2, -0.15) is 0 Å². The molecule has 1 fully saturated rings. The van der Waals surface area contributed by atoms with Crippen molar-refractivity contribution in [2.24, 2.45) is 0 Å². The first-order valence-electron chi connectivity index (χ1n) is 5.80. The lowest BCUT2D eigenvalue weighted by Gasteiger charge is -2.16. The number of benzene rings is 1. The van der Waals surface area contributed by atoms with Crippen LogP contribution in [0.2, 0.25) is 0 Å². The van der Waals surface area contributed by atoms with Crippen molar-refractivity contribution in [2.75, 3.05) is 11.4 Å². The number of hydrogen-bond acceptors (Lipinski definition) is 2. The predicted molar refractivity (Wildman–Crippen MR) is 65.5 cm³/mol. The molecular weight excluding hydrogens is 216 g/mol. The Morgan fingerprint density at radius 2 is 2.29 bits per heavy atom. The van der Waals surface area contributed by atoms with Crippen LogP contribution in [0.4, 0.5) is 5.69 Å². The molecule has 1 N–H and O–H groups in total. The van der Waals surface area contributed by atoms with E-state index in [1.807, 2.05) is 24.3 Å². The summed E-state index contributed by atoms with van der Waals surface area (Å²) in [5.74, 6) is 0.134. The third kappa shape index (κ3) is 2.84. The van der Waals surface area contributed by atoms with Gasteiger partial charge in [-0.25, -0.2) is 0 Å². The SMILES string of the molecule is CC(=O)NCc1cccc(N2CCCC2=O)c1. The second kappa shape index (κ2) is 4.99. The molecule has 90 valence electrons. The van der Waals surface area contributed by atoms with Gasteiger partial charge in [0.25, 0.3) is 0 Å². The van der Waals surface area contributed by atoms with Gasteiger partial charge >= 0.3 is 0 Å². The molecule has 1 saturated heterocycles. The molecule has 2 rings (SSSR count). The van der Waals surface area contributed by atoms with E-state index in [0.29, 0.717) is 13.0 Å². The minimum Gasteiger partial charge on any atom is -0.352 e. The fourth-order valence-electron chi connectivity index (χ4n) is 1.98. The van der Waals surface area contributed by atoms with Crippen molar-refractivity contribution in [3.8, 4) is 0 Å². The van der Waals surface area contributed by atoms with Crippen LogP contribution >= 0.6 is 0 Å². The molecule has 4 nitrogen and oxygen atoms in total. The molecule has 1 aliphatic rings. The third-order valence-corrected chi connectivity index (χ3v) is 2.84. The molecule has 0 aromatic heterocycles. The maximum absolute atomic E-state index is 11.6. The van der Waals surface area contributed by atoms with Crippen molar-refractivity contribution < 1.29 is 9.59 Å². The summed E-state index contributed by atoms with van der Waals surface area (Å²) in [4.78, 5) is 24.2. The molecule has 0 spiro atoms. The van der Waals surface area contributed by atoms with Crippen LogP contribution in [0.5, 0.6) is 0 Å². The number of carbonyl (C=O) groups is 2. The summed E-state index contributed by atoms with van der Waals surface area (Å²) in [5, 5.41) is 2.75. The number of carbonyl (C=O) groups excluding carboxylic acids is 2. The van der Waals surface area contributed by atoms with Gasteiger partial charge in [0.15, 0.2) is 0 Å². The topological polar surface area (TPSA) is 49.4 Å². The quantitative estimate of drug-likeness (QED) is 0.857. The molecule has 1 aliphatic heterocycles. The maximum Gasteiger partial charge on any atom is 0.227 e. The van der Waals surface area contributed by atoms with E-state index in [2.05, 4.69) is 5.32 Å². The molecule has 0 unspecified atom stereocenters. The maximum atomic E-state index is 11.6. The molecule has 1 heterocycles. The second-order valence-electron chi connectivity index (χ2n) is 4.23. The molecule has 2 amide bonds. The minimum absolute atomic E-state index is 0.0485. The summed E-state index contributed by atoms with van der Waals surface area (Å²) < 4.78 is 0. The van der Waals surface area contributed by atoms with Crippen molar-refractivity contribution in [2.45, 2.75) is 26.3 Å².